The summed E-state index contributed by atoms with van der Waals surface area (Å²) in [6.45, 7) is 0. The van der Waals surface area contributed by atoms with E-state index in [1.165, 1.54) is 0 Å². The van der Waals surface area contributed by atoms with Crippen molar-refractivity contribution in [1.29, 1.82) is 0 Å². The first kappa shape index (κ1) is 9.60. The fourth-order valence-electron chi connectivity index (χ4n) is 2.02. The molecule has 80 valence electrons. The summed E-state index contributed by atoms with van der Waals surface area (Å²) >= 11 is 5.83. The van der Waals surface area contributed by atoms with Crippen LogP contribution in [0.1, 0.15) is 22.5 Å². The molecule has 2 aromatic rings. The van der Waals surface area contributed by atoms with Gasteiger partial charge >= 0.3 is 0 Å². The number of rotatable bonds is 1. The number of halogens is 1. The molecule has 0 aliphatic heterocycles. The Morgan fingerprint density at radius 3 is 2.69 bits per heavy atom. The minimum Gasteiger partial charge on any atom is -0.294 e. The van der Waals surface area contributed by atoms with Gasteiger partial charge in [-0.2, -0.15) is 5.10 Å². The lowest BCUT2D eigenvalue weighted by Crippen LogP contribution is -2.00. The highest BCUT2D eigenvalue weighted by molar-refractivity contribution is 6.30. The molecule has 0 atom stereocenters. The van der Waals surface area contributed by atoms with Gasteiger partial charge in [0, 0.05) is 11.4 Å². The van der Waals surface area contributed by atoms with E-state index in [1.54, 1.807) is 6.20 Å². The van der Waals surface area contributed by atoms with Gasteiger partial charge in [-0.1, -0.05) is 11.6 Å². The van der Waals surface area contributed by atoms with Gasteiger partial charge < -0.3 is 0 Å². The number of carbonyl (C=O) groups is 1. The molecule has 3 nitrogen and oxygen atoms in total. The molecule has 16 heavy (non-hydrogen) atoms. The molecule has 0 amide bonds. The Morgan fingerprint density at radius 2 is 1.94 bits per heavy atom. The zero-order valence-corrected chi connectivity index (χ0v) is 9.24. The highest BCUT2D eigenvalue weighted by Crippen LogP contribution is 2.24. The van der Waals surface area contributed by atoms with Crippen molar-refractivity contribution in [2.24, 2.45) is 0 Å². The number of hydrogen-bond acceptors (Lipinski definition) is 2. The number of carbonyl (C=O) groups excluding carboxylic acids is 1. The Morgan fingerprint density at radius 1 is 1.19 bits per heavy atom. The maximum atomic E-state index is 11.5. The quantitative estimate of drug-likeness (QED) is 0.758. The summed E-state index contributed by atoms with van der Waals surface area (Å²) in [5.41, 5.74) is 2.71. The van der Waals surface area contributed by atoms with E-state index < -0.39 is 0 Å². The summed E-state index contributed by atoms with van der Waals surface area (Å²) in [5, 5.41) is 4.94. The van der Waals surface area contributed by atoms with E-state index >= 15 is 0 Å². The zero-order chi connectivity index (χ0) is 11.1. The van der Waals surface area contributed by atoms with Gasteiger partial charge in [-0.15, -0.1) is 0 Å². The normalized spacial score (nSPS) is 14.2. The molecule has 0 radical (unpaired) electrons. The smallest absolute Gasteiger partial charge is 0.166 e. The fraction of sp³-hybridized carbons (Fsp3) is 0.167. The van der Waals surface area contributed by atoms with Crippen LogP contribution in [0.4, 0.5) is 0 Å². The molecule has 0 spiro atoms. The van der Waals surface area contributed by atoms with Crippen LogP contribution in [0.25, 0.3) is 5.69 Å². The lowest BCUT2D eigenvalue weighted by atomic mass is 10.2. The second-order valence-electron chi connectivity index (χ2n) is 3.82. The predicted octanol–water partition coefficient (Wildman–Crippen LogP) is 2.65. The van der Waals surface area contributed by atoms with Gasteiger partial charge in [0.2, 0.25) is 0 Å². The van der Waals surface area contributed by atoms with Gasteiger partial charge in [-0.25, -0.2) is 4.68 Å². The Kier molecular flexibility index (Phi) is 2.07. The van der Waals surface area contributed by atoms with Crippen LogP contribution in [-0.4, -0.2) is 15.6 Å². The number of aromatic nitrogens is 2. The van der Waals surface area contributed by atoms with Crippen molar-refractivity contribution < 1.29 is 4.79 Å². The SMILES string of the molecule is O=C1CCc2c1cnn2-c1ccc(Cl)cc1. The van der Waals surface area contributed by atoms with Gasteiger partial charge in [0.25, 0.3) is 0 Å². The van der Waals surface area contributed by atoms with Gasteiger partial charge in [0.05, 0.1) is 23.1 Å². The first-order valence-corrected chi connectivity index (χ1v) is 5.49. The monoisotopic (exact) mass is 232 g/mol. The van der Waals surface area contributed by atoms with Crippen LogP contribution in [0.3, 0.4) is 0 Å². The van der Waals surface area contributed by atoms with Gasteiger partial charge in [0.1, 0.15) is 0 Å². The zero-order valence-electron chi connectivity index (χ0n) is 8.48. The molecule has 0 saturated carbocycles. The molecule has 1 aromatic carbocycles. The number of hydrogen-bond donors (Lipinski definition) is 0. The van der Waals surface area contributed by atoms with Crippen molar-refractivity contribution in [3.05, 3.63) is 46.7 Å². The lowest BCUT2D eigenvalue weighted by molar-refractivity contribution is 0.0994. The molecular formula is C12H9ClN2O. The van der Waals surface area contributed by atoms with Crippen molar-refractivity contribution in [3.63, 3.8) is 0 Å². The van der Waals surface area contributed by atoms with E-state index in [1.807, 2.05) is 28.9 Å². The van der Waals surface area contributed by atoms with Crippen LogP contribution in [0.15, 0.2) is 30.5 Å². The highest BCUT2D eigenvalue weighted by atomic mass is 35.5. The second kappa shape index (κ2) is 3.46. The van der Waals surface area contributed by atoms with Crippen molar-refractivity contribution in [2.75, 3.05) is 0 Å². The third kappa shape index (κ3) is 1.36. The molecular weight excluding hydrogens is 224 g/mol. The van der Waals surface area contributed by atoms with E-state index in [4.69, 9.17) is 11.6 Å². The summed E-state index contributed by atoms with van der Waals surface area (Å²) < 4.78 is 1.82. The molecule has 0 fully saturated rings. The minimum absolute atomic E-state index is 0.190. The van der Waals surface area contributed by atoms with E-state index in [-0.39, 0.29) is 5.78 Å². The molecule has 1 heterocycles. The summed E-state index contributed by atoms with van der Waals surface area (Å²) in [5.74, 6) is 0.190. The molecule has 1 aliphatic carbocycles. The molecule has 1 aromatic heterocycles. The third-order valence-corrected chi connectivity index (χ3v) is 3.08. The third-order valence-electron chi connectivity index (χ3n) is 2.83. The molecule has 3 rings (SSSR count). The summed E-state index contributed by atoms with van der Waals surface area (Å²) in [4.78, 5) is 11.5. The van der Waals surface area contributed by atoms with E-state index in [0.717, 1.165) is 23.4 Å². The van der Waals surface area contributed by atoms with Crippen LogP contribution in [-0.2, 0) is 6.42 Å². The molecule has 4 heteroatoms. The number of benzene rings is 1. The van der Waals surface area contributed by atoms with Crippen molar-refractivity contribution in [3.8, 4) is 5.69 Å². The molecule has 0 N–H and O–H groups in total. The fourth-order valence-corrected chi connectivity index (χ4v) is 2.14. The molecule has 0 bridgehead atoms. The van der Waals surface area contributed by atoms with E-state index in [0.29, 0.717) is 11.4 Å². The van der Waals surface area contributed by atoms with Crippen molar-refractivity contribution in [1.82, 2.24) is 9.78 Å². The van der Waals surface area contributed by atoms with Gasteiger partial charge in [-0.05, 0) is 30.7 Å². The molecule has 0 saturated heterocycles. The second-order valence-corrected chi connectivity index (χ2v) is 4.25. The van der Waals surface area contributed by atoms with Crippen molar-refractivity contribution >= 4 is 17.4 Å². The van der Waals surface area contributed by atoms with Crippen LogP contribution < -0.4 is 0 Å². The van der Waals surface area contributed by atoms with Crippen molar-refractivity contribution in [2.45, 2.75) is 12.8 Å². The lowest BCUT2D eigenvalue weighted by Gasteiger charge is -2.04. The van der Waals surface area contributed by atoms with Gasteiger partial charge in [-0.3, -0.25) is 4.79 Å². The maximum Gasteiger partial charge on any atom is 0.166 e. The van der Waals surface area contributed by atoms with Crippen LogP contribution in [0.2, 0.25) is 5.02 Å². The number of nitrogens with zero attached hydrogens (tertiary/aromatic N) is 2. The topological polar surface area (TPSA) is 34.9 Å². The highest BCUT2D eigenvalue weighted by Gasteiger charge is 2.24. The summed E-state index contributed by atoms with van der Waals surface area (Å²) in [6, 6.07) is 7.44. The Labute approximate surface area is 97.6 Å². The minimum atomic E-state index is 0.190. The Balaban J connectivity index is 2.11. The average molecular weight is 233 g/mol. The first-order valence-electron chi connectivity index (χ1n) is 5.12. The summed E-state index contributed by atoms with van der Waals surface area (Å²) in [7, 11) is 0. The number of ketones is 1. The largest absolute Gasteiger partial charge is 0.294 e. The summed E-state index contributed by atoms with van der Waals surface area (Å²) in [6.07, 6.45) is 3.02. The van der Waals surface area contributed by atoms with E-state index in [2.05, 4.69) is 5.10 Å². The first-order chi connectivity index (χ1) is 7.75. The average Bonchev–Trinajstić information content (AvgIpc) is 2.84. The van der Waals surface area contributed by atoms with E-state index in [9.17, 15) is 4.79 Å². The predicted molar refractivity (Wildman–Crippen MR) is 61.2 cm³/mol. The maximum absolute atomic E-state index is 11.5. The van der Waals surface area contributed by atoms with Gasteiger partial charge in [0.15, 0.2) is 5.78 Å². The Bertz CT molecular complexity index is 557. The van der Waals surface area contributed by atoms with Crippen LogP contribution >= 0.6 is 11.6 Å². The Hall–Kier alpha value is -1.61. The number of Topliss-reactive ketones (excluding diaryl/α,β-unsaturated/α-hetero) is 1. The standard InChI is InChI=1S/C12H9ClN2O/c13-8-1-3-9(4-2-8)15-11-5-6-12(16)10(11)7-14-15/h1-4,7H,5-6H2. The molecule has 0 unspecified atom stereocenters. The molecule has 1 aliphatic rings. The number of fused-ring (bicyclic) bond motifs is 1. The van der Waals surface area contributed by atoms with Crippen LogP contribution in [0, 0.1) is 0 Å². The van der Waals surface area contributed by atoms with Crippen LogP contribution in [0.5, 0.6) is 0 Å².